The molecule has 1 aromatic heterocycles. The monoisotopic (exact) mass is 241 g/mol. The standard InChI is InChI=1S/C15H19N3/c1-11-4-5-13(8-12(11)2)9-15(16-3)14-6-7-17-10-18-14/h4-8,10,15-16H,9H2,1-3H3. The Hall–Kier alpha value is -1.74. The largest absolute Gasteiger partial charge is 0.311 e. The van der Waals surface area contributed by atoms with E-state index in [0.717, 1.165) is 12.1 Å². The number of aryl methyl sites for hydroxylation is 2. The molecule has 0 aliphatic carbocycles. The lowest BCUT2D eigenvalue weighted by atomic mass is 9.99. The Balaban J connectivity index is 2.18. The number of rotatable bonds is 4. The van der Waals surface area contributed by atoms with Gasteiger partial charge in [-0.15, -0.1) is 0 Å². The van der Waals surface area contributed by atoms with Crippen molar-refractivity contribution in [3.63, 3.8) is 0 Å². The normalized spacial score (nSPS) is 12.4. The molecule has 0 radical (unpaired) electrons. The summed E-state index contributed by atoms with van der Waals surface area (Å²) < 4.78 is 0. The fraction of sp³-hybridized carbons (Fsp3) is 0.333. The van der Waals surface area contributed by atoms with Gasteiger partial charge >= 0.3 is 0 Å². The van der Waals surface area contributed by atoms with E-state index in [1.807, 2.05) is 13.1 Å². The highest BCUT2D eigenvalue weighted by molar-refractivity contribution is 5.30. The predicted octanol–water partition coefficient (Wildman–Crippen LogP) is 2.60. The number of benzene rings is 1. The van der Waals surface area contributed by atoms with Crippen LogP contribution in [-0.4, -0.2) is 17.0 Å². The molecular weight excluding hydrogens is 222 g/mol. The van der Waals surface area contributed by atoms with E-state index in [1.165, 1.54) is 16.7 Å². The van der Waals surface area contributed by atoms with Crippen molar-refractivity contribution in [1.29, 1.82) is 0 Å². The highest BCUT2D eigenvalue weighted by atomic mass is 14.9. The minimum absolute atomic E-state index is 0.232. The van der Waals surface area contributed by atoms with Gasteiger partial charge in [-0.1, -0.05) is 18.2 Å². The molecule has 2 aromatic rings. The zero-order valence-electron chi connectivity index (χ0n) is 11.1. The van der Waals surface area contributed by atoms with Gasteiger partial charge in [-0.3, -0.25) is 0 Å². The molecule has 0 saturated heterocycles. The number of nitrogens with zero attached hydrogens (tertiary/aromatic N) is 2. The van der Waals surface area contributed by atoms with Crippen LogP contribution in [0.15, 0.2) is 36.8 Å². The van der Waals surface area contributed by atoms with Crippen molar-refractivity contribution in [3.8, 4) is 0 Å². The molecule has 0 aliphatic rings. The highest BCUT2D eigenvalue weighted by Gasteiger charge is 2.11. The highest BCUT2D eigenvalue weighted by Crippen LogP contribution is 2.18. The third kappa shape index (κ3) is 2.93. The van der Waals surface area contributed by atoms with Gasteiger partial charge < -0.3 is 5.32 Å². The summed E-state index contributed by atoms with van der Waals surface area (Å²) in [6.45, 7) is 4.29. The lowest BCUT2D eigenvalue weighted by molar-refractivity contribution is 0.574. The van der Waals surface area contributed by atoms with Crippen molar-refractivity contribution in [2.75, 3.05) is 7.05 Å². The number of nitrogens with one attached hydrogen (secondary N) is 1. The molecule has 1 atom stereocenters. The molecular formula is C15H19N3. The third-order valence-corrected chi connectivity index (χ3v) is 3.32. The maximum absolute atomic E-state index is 4.31. The van der Waals surface area contributed by atoms with E-state index in [4.69, 9.17) is 0 Å². The molecule has 0 amide bonds. The molecule has 94 valence electrons. The van der Waals surface area contributed by atoms with Gasteiger partial charge in [0, 0.05) is 6.20 Å². The number of hydrogen-bond acceptors (Lipinski definition) is 3. The van der Waals surface area contributed by atoms with E-state index in [2.05, 4.69) is 47.3 Å². The van der Waals surface area contributed by atoms with Gasteiger partial charge in [-0.05, 0) is 50.1 Å². The smallest absolute Gasteiger partial charge is 0.115 e. The van der Waals surface area contributed by atoms with Crippen LogP contribution in [0.25, 0.3) is 0 Å². The third-order valence-electron chi connectivity index (χ3n) is 3.32. The Morgan fingerprint density at radius 3 is 2.61 bits per heavy atom. The van der Waals surface area contributed by atoms with Crippen LogP contribution in [0.3, 0.4) is 0 Å². The first-order valence-electron chi connectivity index (χ1n) is 6.20. The Kier molecular flexibility index (Phi) is 4.05. The van der Waals surface area contributed by atoms with Crippen molar-refractivity contribution < 1.29 is 0 Å². The van der Waals surface area contributed by atoms with Crippen LogP contribution in [0.1, 0.15) is 28.4 Å². The Bertz CT molecular complexity index is 508. The first-order valence-corrected chi connectivity index (χ1v) is 6.20. The lowest BCUT2D eigenvalue weighted by Gasteiger charge is -2.16. The molecule has 3 heteroatoms. The van der Waals surface area contributed by atoms with Gasteiger partial charge in [-0.2, -0.15) is 0 Å². The topological polar surface area (TPSA) is 37.8 Å². The van der Waals surface area contributed by atoms with Gasteiger partial charge in [0.15, 0.2) is 0 Å². The van der Waals surface area contributed by atoms with Crippen molar-refractivity contribution in [3.05, 3.63) is 59.2 Å². The van der Waals surface area contributed by atoms with Gasteiger partial charge in [0.25, 0.3) is 0 Å². The Morgan fingerprint density at radius 2 is 2.00 bits per heavy atom. The fourth-order valence-electron chi connectivity index (χ4n) is 2.03. The molecule has 0 fully saturated rings. The second kappa shape index (κ2) is 5.74. The van der Waals surface area contributed by atoms with Crippen LogP contribution in [0.4, 0.5) is 0 Å². The molecule has 0 saturated carbocycles. The van der Waals surface area contributed by atoms with E-state index in [9.17, 15) is 0 Å². The molecule has 0 spiro atoms. The summed E-state index contributed by atoms with van der Waals surface area (Å²) in [7, 11) is 1.97. The summed E-state index contributed by atoms with van der Waals surface area (Å²) in [5, 5.41) is 3.31. The summed E-state index contributed by atoms with van der Waals surface area (Å²) in [4.78, 5) is 8.27. The van der Waals surface area contributed by atoms with E-state index >= 15 is 0 Å². The van der Waals surface area contributed by atoms with Crippen LogP contribution in [-0.2, 0) is 6.42 Å². The molecule has 1 N–H and O–H groups in total. The molecule has 2 rings (SSSR count). The van der Waals surface area contributed by atoms with E-state index in [0.29, 0.717) is 0 Å². The summed E-state index contributed by atoms with van der Waals surface area (Å²) in [6.07, 6.45) is 4.32. The first-order chi connectivity index (χ1) is 8.70. The summed E-state index contributed by atoms with van der Waals surface area (Å²) in [6, 6.07) is 8.81. The van der Waals surface area contributed by atoms with E-state index in [1.54, 1.807) is 12.5 Å². The zero-order chi connectivity index (χ0) is 13.0. The second-order valence-corrected chi connectivity index (χ2v) is 4.60. The number of likely N-dealkylation sites (N-methyl/N-ethyl adjacent to an activating group) is 1. The van der Waals surface area contributed by atoms with E-state index in [-0.39, 0.29) is 6.04 Å². The van der Waals surface area contributed by atoms with Crippen molar-refractivity contribution in [2.24, 2.45) is 0 Å². The first kappa shape index (κ1) is 12.7. The molecule has 0 aliphatic heterocycles. The molecule has 1 unspecified atom stereocenters. The molecule has 18 heavy (non-hydrogen) atoms. The van der Waals surface area contributed by atoms with Crippen LogP contribution in [0.2, 0.25) is 0 Å². The lowest BCUT2D eigenvalue weighted by Crippen LogP contribution is -2.20. The maximum Gasteiger partial charge on any atom is 0.115 e. The summed E-state index contributed by atoms with van der Waals surface area (Å²) in [5.41, 5.74) is 5.04. The minimum Gasteiger partial charge on any atom is -0.311 e. The predicted molar refractivity (Wildman–Crippen MR) is 73.5 cm³/mol. The van der Waals surface area contributed by atoms with Gasteiger partial charge in [0.05, 0.1) is 11.7 Å². The van der Waals surface area contributed by atoms with Crippen molar-refractivity contribution in [1.82, 2.24) is 15.3 Å². The average molecular weight is 241 g/mol. The van der Waals surface area contributed by atoms with Crippen LogP contribution in [0, 0.1) is 13.8 Å². The number of aromatic nitrogens is 2. The van der Waals surface area contributed by atoms with Gasteiger partial charge in [0.1, 0.15) is 6.33 Å². The number of hydrogen-bond donors (Lipinski definition) is 1. The quantitative estimate of drug-likeness (QED) is 0.894. The summed E-state index contributed by atoms with van der Waals surface area (Å²) in [5.74, 6) is 0. The summed E-state index contributed by atoms with van der Waals surface area (Å²) >= 11 is 0. The average Bonchev–Trinajstić information content (AvgIpc) is 2.41. The van der Waals surface area contributed by atoms with Crippen molar-refractivity contribution in [2.45, 2.75) is 26.3 Å². The van der Waals surface area contributed by atoms with E-state index < -0.39 is 0 Å². The van der Waals surface area contributed by atoms with Gasteiger partial charge in [-0.25, -0.2) is 9.97 Å². The molecule has 0 bridgehead atoms. The zero-order valence-corrected chi connectivity index (χ0v) is 11.1. The van der Waals surface area contributed by atoms with Crippen LogP contribution < -0.4 is 5.32 Å². The Labute approximate surface area is 108 Å². The SMILES string of the molecule is CNC(Cc1ccc(C)c(C)c1)c1ccncn1. The second-order valence-electron chi connectivity index (χ2n) is 4.60. The molecule has 1 heterocycles. The maximum atomic E-state index is 4.31. The van der Waals surface area contributed by atoms with Crippen LogP contribution >= 0.6 is 0 Å². The van der Waals surface area contributed by atoms with Gasteiger partial charge in [0.2, 0.25) is 0 Å². The minimum atomic E-state index is 0.232. The molecule has 3 nitrogen and oxygen atoms in total. The van der Waals surface area contributed by atoms with Crippen molar-refractivity contribution >= 4 is 0 Å². The molecule has 1 aromatic carbocycles. The fourth-order valence-corrected chi connectivity index (χ4v) is 2.03. The Morgan fingerprint density at radius 1 is 1.17 bits per heavy atom. The van der Waals surface area contributed by atoms with Crippen LogP contribution in [0.5, 0.6) is 0 Å².